The van der Waals surface area contributed by atoms with E-state index in [1.807, 2.05) is 18.2 Å². The number of para-hydroxylation sites is 1. The van der Waals surface area contributed by atoms with Crippen LogP contribution in [0.15, 0.2) is 46.9 Å². The van der Waals surface area contributed by atoms with Gasteiger partial charge in [-0.25, -0.2) is 0 Å². The number of hydrogen-bond donors (Lipinski definition) is 2. The highest BCUT2D eigenvalue weighted by Gasteiger charge is 2.12. The third kappa shape index (κ3) is 3.44. The molecule has 0 fully saturated rings. The highest BCUT2D eigenvalue weighted by Crippen LogP contribution is 2.31. The summed E-state index contributed by atoms with van der Waals surface area (Å²) in [6, 6.07) is 9.77. The molecule has 0 spiro atoms. The van der Waals surface area contributed by atoms with E-state index >= 15 is 0 Å². The van der Waals surface area contributed by atoms with Crippen LogP contribution >= 0.6 is 15.9 Å². The molecule has 2 N–H and O–H groups in total. The zero-order valence-electron chi connectivity index (χ0n) is 11.2. The van der Waals surface area contributed by atoms with Crippen LogP contribution in [0.25, 0.3) is 6.08 Å². The number of ether oxygens (including phenoxy) is 1. The number of rotatable bonds is 4. The number of allylic oxidation sites excluding steroid dienone is 1. The van der Waals surface area contributed by atoms with Crippen molar-refractivity contribution >= 4 is 27.8 Å². The second-order valence-corrected chi connectivity index (χ2v) is 5.11. The van der Waals surface area contributed by atoms with Crippen LogP contribution in [0.2, 0.25) is 0 Å². The van der Waals surface area contributed by atoms with E-state index in [1.54, 1.807) is 19.3 Å². The lowest BCUT2D eigenvalue weighted by Crippen LogP contribution is -1.95. The third-order valence-corrected chi connectivity index (χ3v) is 3.52. The van der Waals surface area contributed by atoms with E-state index in [9.17, 15) is 15.0 Å². The Hall–Kier alpha value is -2.27. The molecule has 5 heteroatoms. The largest absolute Gasteiger partial charge is 0.507 e. The number of hydrogen-bond acceptors (Lipinski definition) is 4. The minimum absolute atomic E-state index is 0.103. The SMILES string of the molecule is COc1ccccc1/C=C/C(=O)c1cc(Br)c(O)cc1O. The van der Waals surface area contributed by atoms with Gasteiger partial charge in [0.2, 0.25) is 0 Å². The van der Waals surface area contributed by atoms with Crippen LogP contribution < -0.4 is 4.74 Å². The number of phenolic OH excluding ortho intramolecular Hbond substituents is 2. The van der Waals surface area contributed by atoms with Gasteiger partial charge < -0.3 is 14.9 Å². The molecule has 4 nitrogen and oxygen atoms in total. The topological polar surface area (TPSA) is 66.8 Å². The molecule has 0 amide bonds. The zero-order chi connectivity index (χ0) is 15.4. The minimum atomic E-state index is -0.376. The number of aromatic hydroxyl groups is 2. The molecule has 0 bridgehead atoms. The van der Waals surface area contributed by atoms with Gasteiger partial charge in [-0.3, -0.25) is 4.79 Å². The summed E-state index contributed by atoms with van der Waals surface area (Å²) in [4.78, 5) is 12.1. The van der Waals surface area contributed by atoms with Gasteiger partial charge in [0.15, 0.2) is 5.78 Å². The van der Waals surface area contributed by atoms with Crippen LogP contribution in [-0.2, 0) is 0 Å². The van der Waals surface area contributed by atoms with Crippen LogP contribution in [0.5, 0.6) is 17.2 Å². The van der Waals surface area contributed by atoms with Gasteiger partial charge in [0.25, 0.3) is 0 Å². The van der Waals surface area contributed by atoms with E-state index < -0.39 is 0 Å². The number of ketones is 1. The average molecular weight is 349 g/mol. The molecule has 0 heterocycles. The summed E-state index contributed by atoms with van der Waals surface area (Å²) >= 11 is 3.11. The fraction of sp³-hybridized carbons (Fsp3) is 0.0625. The molecule has 0 aliphatic rings. The fourth-order valence-corrected chi connectivity index (χ4v) is 2.15. The Bertz CT molecular complexity index is 707. The average Bonchev–Trinajstić information content (AvgIpc) is 2.48. The van der Waals surface area contributed by atoms with Crippen molar-refractivity contribution in [3.05, 3.63) is 58.1 Å². The van der Waals surface area contributed by atoms with Gasteiger partial charge in [0, 0.05) is 11.6 Å². The summed E-state index contributed by atoms with van der Waals surface area (Å²) in [7, 11) is 1.55. The normalized spacial score (nSPS) is 10.8. The van der Waals surface area contributed by atoms with Crippen molar-refractivity contribution in [1.29, 1.82) is 0 Å². The summed E-state index contributed by atoms with van der Waals surface area (Å²) in [5, 5.41) is 19.2. The predicted octanol–water partition coefficient (Wildman–Crippen LogP) is 3.77. The first-order chi connectivity index (χ1) is 10.0. The Balaban J connectivity index is 2.30. The number of carbonyl (C=O) groups is 1. The molecular formula is C16H13BrO4. The molecule has 21 heavy (non-hydrogen) atoms. The number of phenols is 2. The maximum absolute atomic E-state index is 12.1. The van der Waals surface area contributed by atoms with E-state index in [-0.39, 0.29) is 22.8 Å². The molecular weight excluding hydrogens is 336 g/mol. The van der Waals surface area contributed by atoms with Gasteiger partial charge >= 0.3 is 0 Å². The Kier molecular flexibility index (Phi) is 4.65. The van der Waals surface area contributed by atoms with E-state index in [0.29, 0.717) is 10.2 Å². The minimum Gasteiger partial charge on any atom is -0.507 e. The molecule has 2 aromatic rings. The number of benzene rings is 2. The smallest absolute Gasteiger partial charge is 0.189 e. The summed E-state index contributed by atoms with van der Waals surface area (Å²) in [6.45, 7) is 0. The molecule has 108 valence electrons. The zero-order valence-corrected chi connectivity index (χ0v) is 12.8. The first kappa shape index (κ1) is 15.1. The lowest BCUT2D eigenvalue weighted by atomic mass is 10.1. The standard InChI is InChI=1S/C16H13BrO4/c1-21-16-5-3-2-4-10(16)6-7-13(18)11-8-12(17)15(20)9-14(11)19/h2-9,19-20H,1H3/b7-6+. The second kappa shape index (κ2) is 6.45. The van der Waals surface area contributed by atoms with Crippen molar-refractivity contribution in [2.24, 2.45) is 0 Å². The molecule has 0 aliphatic carbocycles. The third-order valence-electron chi connectivity index (χ3n) is 2.88. The van der Waals surface area contributed by atoms with Gasteiger partial charge in [-0.05, 0) is 40.2 Å². The van der Waals surface area contributed by atoms with E-state index in [4.69, 9.17) is 4.74 Å². The van der Waals surface area contributed by atoms with E-state index in [2.05, 4.69) is 15.9 Å². The molecule has 0 radical (unpaired) electrons. The van der Waals surface area contributed by atoms with Crippen molar-refractivity contribution in [3.63, 3.8) is 0 Å². The first-order valence-corrected chi connectivity index (χ1v) is 6.89. The molecule has 2 aromatic carbocycles. The van der Waals surface area contributed by atoms with Crippen LogP contribution in [0, 0.1) is 0 Å². The van der Waals surface area contributed by atoms with Crippen molar-refractivity contribution in [3.8, 4) is 17.2 Å². The molecule has 2 rings (SSSR count). The predicted molar refractivity (Wildman–Crippen MR) is 83.8 cm³/mol. The molecule has 0 unspecified atom stereocenters. The molecule has 0 atom stereocenters. The van der Waals surface area contributed by atoms with Crippen LogP contribution in [0.1, 0.15) is 15.9 Å². The molecule has 0 aliphatic heterocycles. The molecule has 0 saturated heterocycles. The lowest BCUT2D eigenvalue weighted by molar-refractivity contribution is 0.104. The summed E-state index contributed by atoms with van der Waals surface area (Å²) in [5.41, 5.74) is 0.858. The summed E-state index contributed by atoms with van der Waals surface area (Å²) in [5.74, 6) is -0.125. The Labute approximate surface area is 130 Å². The van der Waals surface area contributed by atoms with Crippen molar-refractivity contribution < 1.29 is 19.7 Å². The van der Waals surface area contributed by atoms with E-state index in [0.717, 1.165) is 11.6 Å². The van der Waals surface area contributed by atoms with Gasteiger partial charge in [-0.1, -0.05) is 18.2 Å². The first-order valence-electron chi connectivity index (χ1n) is 6.10. The van der Waals surface area contributed by atoms with Crippen LogP contribution in [0.3, 0.4) is 0 Å². The van der Waals surface area contributed by atoms with Crippen molar-refractivity contribution in [2.75, 3.05) is 7.11 Å². The molecule has 0 aromatic heterocycles. The highest BCUT2D eigenvalue weighted by atomic mass is 79.9. The van der Waals surface area contributed by atoms with Gasteiger partial charge in [0.1, 0.15) is 17.2 Å². The Morgan fingerprint density at radius 3 is 2.62 bits per heavy atom. The second-order valence-electron chi connectivity index (χ2n) is 4.26. The maximum atomic E-state index is 12.1. The highest BCUT2D eigenvalue weighted by molar-refractivity contribution is 9.10. The Morgan fingerprint density at radius 2 is 1.90 bits per heavy atom. The van der Waals surface area contributed by atoms with Crippen LogP contribution in [0.4, 0.5) is 0 Å². The Morgan fingerprint density at radius 1 is 1.19 bits per heavy atom. The fourth-order valence-electron chi connectivity index (χ4n) is 1.81. The quantitative estimate of drug-likeness (QED) is 0.652. The van der Waals surface area contributed by atoms with Gasteiger partial charge in [-0.2, -0.15) is 0 Å². The number of halogens is 1. The summed E-state index contributed by atoms with van der Waals surface area (Å²) < 4.78 is 5.53. The maximum Gasteiger partial charge on any atom is 0.189 e. The molecule has 0 saturated carbocycles. The number of carbonyl (C=O) groups excluding carboxylic acids is 1. The van der Waals surface area contributed by atoms with Crippen molar-refractivity contribution in [1.82, 2.24) is 0 Å². The monoisotopic (exact) mass is 348 g/mol. The summed E-state index contributed by atoms with van der Waals surface area (Å²) in [6.07, 6.45) is 2.96. The van der Waals surface area contributed by atoms with Crippen molar-refractivity contribution in [2.45, 2.75) is 0 Å². The van der Waals surface area contributed by atoms with E-state index in [1.165, 1.54) is 12.1 Å². The number of methoxy groups -OCH3 is 1. The van der Waals surface area contributed by atoms with Gasteiger partial charge in [0.05, 0.1) is 17.1 Å². The van der Waals surface area contributed by atoms with Gasteiger partial charge in [-0.15, -0.1) is 0 Å². The van der Waals surface area contributed by atoms with Crippen LogP contribution in [-0.4, -0.2) is 23.1 Å². The lowest BCUT2D eigenvalue weighted by Gasteiger charge is -2.05.